The van der Waals surface area contributed by atoms with Crippen molar-refractivity contribution in [1.82, 2.24) is 5.32 Å². The molecule has 1 unspecified atom stereocenters. The van der Waals surface area contributed by atoms with Crippen LogP contribution in [0.5, 0.6) is 0 Å². The normalized spacial score (nSPS) is 12.7. The molecule has 0 radical (unpaired) electrons. The Balaban J connectivity index is 2.46. The van der Waals surface area contributed by atoms with Crippen molar-refractivity contribution in [2.24, 2.45) is 0 Å². The van der Waals surface area contributed by atoms with Crippen molar-refractivity contribution in [3.05, 3.63) is 53.6 Å². The highest BCUT2D eigenvalue weighted by Gasteiger charge is 2.21. The molecule has 0 saturated heterocycles. The Kier molecular flexibility index (Phi) is 6.11. The number of nitrogens with one attached hydrogen (secondary N) is 1. The SMILES string of the molecule is CCCNC(c1cc(Br)ccc1Cl)c1sc(C)cc1Br. The lowest BCUT2D eigenvalue weighted by Crippen LogP contribution is -2.23. The zero-order valence-electron chi connectivity index (χ0n) is 11.3. The summed E-state index contributed by atoms with van der Waals surface area (Å²) in [5.74, 6) is 0. The lowest BCUT2D eigenvalue weighted by atomic mass is 10.1. The molecule has 0 aliphatic rings. The summed E-state index contributed by atoms with van der Waals surface area (Å²) in [4.78, 5) is 2.57. The van der Waals surface area contributed by atoms with Gasteiger partial charge in [0.1, 0.15) is 0 Å². The fraction of sp³-hybridized carbons (Fsp3) is 0.333. The van der Waals surface area contributed by atoms with Gasteiger partial charge in [-0.05, 0) is 65.6 Å². The fourth-order valence-electron chi connectivity index (χ4n) is 2.07. The summed E-state index contributed by atoms with van der Waals surface area (Å²) in [7, 11) is 0. The molecule has 20 heavy (non-hydrogen) atoms. The summed E-state index contributed by atoms with van der Waals surface area (Å²) < 4.78 is 2.19. The highest BCUT2D eigenvalue weighted by atomic mass is 79.9. The van der Waals surface area contributed by atoms with E-state index in [0.717, 1.165) is 32.5 Å². The molecule has 0 amide bonds. The van der Waals surface area contributed by atoms with Gasteiger partial charge in [-0.25, -0.2) is 0 Å². The van der Waals surface area contributed by atoms with Crippen molar-refractivity contribution in [2.45, 2.75) is 26.3 Å². The van der Waals surface area contributed by atoms with Crippen LogP contribution in [0.1, 0.15) is 34.7 Å². The van der Waals surface area contributed by atoms with Crippen LogP contribution in [0.15, 0.2) is 33.2 Å². The van der Waals surface area contributed by atoms with Crippen molar-refractivity contribution in [1.29, 1.82) is 0 Å². The molecule has 1 aromatic heterocycles. The van der Waals surface area contributed by atoms with Crippen molar-refractivity contribution < 1.29 is 0 Å². The zero-order chi connectivity index (χ0) is 14.7. The topological polar surface area (TPSA) is 12.0 Å². The summed E-state index contributed by atoms with van der Waals surface area (Å²) in [5, 5.41) is 4.39. The number of hydrogen-bond acceptors (Lipinski definition) is 2. The van der Waals surface area contributed by atoms with Crippen LogP contribution >= 0.6 is 54.8 Å². The predicted octanol–water partition coefficient (Wildman–Crippen LogP) is 6.32. The molecule has 0 aliphatic heterocycles. The lowest BCUT2D eigenvalue weighted by molar-refractivity contribution is 0.604. The van der Waals surface area contributed by atoms with E-state index in [1.54, 1.807) is 11.3 Å². The molecule has 1 atom stereocenters. The van der Waals surface area contributed by atoms with Crippen molar-refractivity contribution in [3.8, 4) is 0 Å². The Morgan fingerprint density at radius 2 is 2.05 bits per heavy atom. The minimum absolute atomic E-state index is 0.119. The monoisotopic (exact) mass is 435 g/mol. The summed E-state index contributed by atoms with van der Waals surface area (Å²) in [6, 6.07) is 8.28. The quantitative estimate of drug-likeness (QED) is 0.577. The van der Waals surface area contributed by atoms with E-state index < -0.39 is 0 Å². The lowest BCUT2D eigenvalue weighted by Gasteiger charge is -2.20. The van der Waals surface area contributed by atoms with Gasteiger partial charge in [0.05, 0.1) is 6.04 Å². The first kappa shape index (κ1) is 16.5. The van der Waals surface area contributed by atoms with E-state index >= 15 is 0 Å². The molecule has 2 rings (SSSR count). The van der Waals surface area contributed by atoms with E-state index in [4.69, 9.17) is 11.6 Å². The molecular formula is C15H16Br2ClNS. The van der Waals surface area contributed by atoms with Crippen LogP contribution in [-0.2, 0) is 0 Å². The van der Waals surface area contributed by atoms with E-state index in [1.165, 1.54) is 9.75 Å². The van der Waals surface area contributed by atoms with Gasteiger partial charge >= 0.3 is 0 Å². The van der Waals surface area contributed by atoms with Gasteiger partial charge in [0, 0.05) is 23.7 Å². The second-order valence-electron chi connectivity index (χ2n) is 4.62. The van der Waals surface area contributed by atoms with Crippen LogP contribution in [0.25, 0.3) is 0 Å². The minimum Gasteiger partial charge on any atom is -0.306 e. The molecule has 1 aromatic carbocycles. The second-order valence-corrected chi connectivity index (χ2v) is 8.09. The van der Waals surface area contributed by atoms with Gasteiger partial charge < -0.3 is 5.32 Å². The van der Waals surface area contributed by atoms with Crippen LogP contribution < -0.4 is 5.32 Å². The van der Waals surface area contributed by atoms with Crippen LogP contribution in [0.4, 0.5) is 0 Å². The first-order chi connectivity index (χ1) is 9.52. The van der Waals surface area contributed by atoms with Gasteiger partial charge in [0.15, 0.2) is 0 Å². The molecule has 0 saturated carbocycles. The van der Waals surface area contributed by atoms with Crippen molar-refractivity contribution in [3.63, 3.8) is 0 Å². The van der Waals surface area contributed by atoms with E-state index in [9.17, 15) is 0 Å². The average Bonchev–Trinajstić information content (AvgIpc) is 2.73. The second kappa shape index (κ2) is 7.41. The number of thiophene rings is 1. The summed E-state index contributed by atoms with van der Waals surface area (Å²) in [6.45, 7) is 5.25. The van der Waals surface area contributed by atoms with Gasteiger partial charge in [-0.15, -0.1) is 11.3 Å². The van der Waals surface area contributed by atoms with E-state index in [-0.39, 0.29) is 6.04 Å². The molecule has 1 N–H and O–H groups in total. The summed E-state index contributed by atoms with van der Waals surface area (Å²) in [6.07, 6.45) is 1.09. The number of aryl methyl sites for hydroxylation is 1. The molecule has 2 aromatic rings. The smallest absolute Gasteiger partial charge is 0.0697 e. The molecule has 108 valence electrons. The number of halogens is 3. The van der Waals surface area contributed by atoms with Crippen LogP contribution in [0.2, 0.25) is 5.02 Å². The molecule has 0 bridgehead atoms. The van der Waals surface area contributed by atoms with Gasteiger partial charge in [-0.3, -0.25) is 0 Å². The zero-order valence-corrected chi connectivity index (χ0v) is 16.1. The minimum atomic E-state index is 0.119. The fourth-order valence-corrected chi connectivity index (χ4v) is 4.65. The van der Waals surface area contributed by atoms with Gasteiger partial charge in [-0.1, -0.05) is 34.5 Å². The Bertz CT molecular complexity index is 598. The highest BCUT2D eigenvalue weighted by Crippen LogP contribution is 2.38. The number of benzene rings is 1. The first-order valence-electron chi connectivity index (χ1n) is 6.47. The van der Waals surface area contributed by atoms with Crippen LogP contribution in [0.3, 0.4) is 0 Å². The van der Waals surface area contributed by atoms with Crippen LogP contribution in [0, 0.1) is 6.92 Å². The molecule has 0 spiro atoms. The maximum atomic E-state index is 6.41. The molecule has 5 heteroatoms. The van der Waals surface area contributed by atoms with Gasteiger partial charge in [0.2, 0.25) is 0 Å². The molecule has 1 nitrogen and oxygen atoms in total. The first-order valence-corrected chi connectivity index (χ1v) is 9.25. The third kappa shape index (κ3) is 3.86. The largest absolute Gasteiger partial charge is 0.306 e. The summed E-state index contributed by atoms with van der Waals surface area (Å²) in [5.41, 5.74) is 1.11. The average molecular weight is 438 g/mol. The Hall–Kier alpha value is 0.130. The van der Waals surface area contributed by atoms with Crippen molar-refractivity contribution in [2.75, 3.05) is 6.54 Å². The van der Waals surface area contributed by atoms with Crippen molar-refractivity contribution >= 4 is 54.8 Å². The molecular weight excluding hydrogens is 422 g/mol. The Morgan fingerprint density at radius 1 is 1.30 bits per heavy atom. The van der Waals surface area contributed by atoms with E-state index in [1.807, 2.05) is 12.1 Å². The standard InChI is InChI=1S/C15H16Br2ClNS/c1-3-6-19-14(15-12(17)7-9(2)20-15)11-8-10(16)4-5-13(11)18/h4-5,7-8,14,19H,3,6H2,1-2H3. The van der Waals surface area contributed by atoms with Gasteiger partial charge in [-0.2, -0.15) is 0 Å². The number of rotatable bonds is 5. The highest BCUT2D eigenvalue weighted by molar-refractivity contribution is 9.10. The van der Waals surface area contributed by atoms with Crippen LogP contribution in [-0.4, -0.2) is 6.54 Å². The Morgan fingerprint density at radius 3 is 2.65 bits per heavy atom. The third-order valence-electron chi connectivity index (χ3n) is 2.97. The van der Waals surface area contributed by atoms with Gasteiger partial charge in [0.25, 0.3) is 0 Å². The Labute approximate surface area is 146 Å². The predicted molar refractivity (Wildman–Crippen MR) is 96.0 cm³/mol. The van der Waals surface area contributed by atoms with E-state index in [2.05, 4.69) is 63.2 Å². The number of hydrogen-bond donors (Lipinski definition) is 1. The molecule has 0 fully saturated rings. The third-order valence-corrected chi connectivity index (χ3v) is 5.84. The maximum absolute atomic E-state index is 6.41. The summed E-state index contributed by atoms with van der Waals surface area (Å²) >= 11 is 15.4. The molecule has 1 heterocycles. The maximum Gasteiger partial charge on any atom is 0.0697 e. The molecule has 0 aliphatic carbocycles. The van der Waals surface area contributed by atoms with E-state index in [0.29, 0.717) is 0 Å².